The number of anilines is 1. The summed E-state index contributed by atoms with van der Waals surface area (Å²) < 4.78 is 0. The summed E-state index contributed by atoms with van der Waals surface area (Å²) in [4.78, 5) is 2.68. The maximum Gasteiger partial charge on any atom is 0.0350 e. The van der Waals surface area contributed by atoms with E-state index < -0.39 is 0 Å². The third kappa shape index (κ3) is 2.19. The Bertz CT molecular complexity index is 394. The van der Waals surface area contributed by atoms with Gasteiger partial charge in [-0.05, 0) is 36.5 Å². The molecular weight excluding hydrogens is 208 g/mol. The first-order valence-corrected chi connectivity index (χ1v) is 6.95. The number of rotatable bonds is 1. The number of nitrogens with two attached hydrogens (primary N) is 1. The van der Waals surface area contributed by atoms with Gasteiger partial charge in [0.2, 0.25) is 0 Å². The molecule has 92 valence electrons. The first-order chi connectivity index (χ1) is 8.34. The molecule has 1 fully saturated rings. The minimum Gasteiger partial charge on any atom is -0.398 e. The highest BCUT2D eigenvalue weighted by Gasteiger charge is 2.25. The van der Waals surface area contributed by atoms with E-state index in [4.69, 9.17) is 5.73 Å². The first kappa shape index (κ1) is 11.1. The van der Waals surface area contributed by atoms with Crippen LogP contribution in [-0.2, 0) is 13.0 Å². The Kier molecular flexibility index (Phi) is 3.06. The van der Waals surface area contributed by atoms with Crippen LogP contribution in [0.25, 0.3) is 0 Å². The van der Waals surface area contributed by atoms with Crippen molar-refractivity contribution in [2.75, 3.05) is 12.3 Å². The number of hydrogen-bond acceptors (Lipinski definition) is 2. The molecule has 1 aliphatic heterocycles. The topological polar surface area (TPSA) is 29.3 Å². The van der Waals surface area contributed by atoms with Crippen LogP contribution in [0.15, 0.2) is 18.2 Å². The first-order valence-electron chi connectivity index (χ1n) is 6.95. The van der Waals surface area contributed by atoms with Crippen LogP contribution in [0, 0.1) is 0 Å². The third-order valence-corrected chi connectivity index (χ3v) is 4.42. The Morgan fingerprint density at radius 1 is 1.12 bits per heavy atom. The van der Waals surface area contributed by atoms with Gasteiger partial charge in [-0.2, -0.15) is 0 Å². The Hall–Kier alpha value is -1.02. The summed E-state index contributed by atoms with van der Waals surface area (Å²) in [5, 5.41) is 0. The average Bonchev–Trinajstić information content (AvgIpc) is 2.40. The monoisotopic (exact) mass is 230 g/mol. The lowest BCUT2D eigenvalue weighted by atomic mass is 9.91. The van der Waals surface area contributed by atoms with Crippen molar-refractivity contribution in [2.24, 2.45) is 0 Å². The number of nitrogens with zero attached hydrogens (tertiary/aromatic N) is 1. The second-order valence-corrected chi connectivity index (χ2v) is 5.50. The molecule has 1 aromatic carbocycles. The van der Waals surface area contributed by atoms with Crippen molar-refractivity contribution in [1.29, 1.82) is 0 Å². The molecule has 1 aromatic rings. The number of hydrogen-bond donors (Lipinski definition) is 1. The maximum absolute atomic E-state index is 6.05. The molecule has 0 aromatic heterocycles. The van der Waals surface area contributed by atoms with Gasteiger partial charge in [0.15, 0.2) is 0 Å². The van der Waals surface area contributed by atoms with Gasteiger partial charge >= 0.3 is 0 Å². The van der Waals surface area contributed by atoms with Crippen LogP contribution >= 0.6 is 0 Å². The molecule has 17 heavy (non-hydrogen) atoms. The van der Waals surface area contributed by atoms with Crippen LogP contribution in [0.5, 0.6) is 0 Å². The van der Waals surface area contributed by atoms with Crippen LogP contribution in [-0.4, -0.2) is 17.5 Å². The van der Waals surface area contributed by atoms with Crippen molar-refractivity contribution in [3.8, 4) is 0 Å². The fourth-order valence-corrected chi connectivity index (χ4v) is 3.42. The number of fused-ring (bicyclic) bond motifs is 1. The molecule has 0 atom stereocenters. The summed E-state index contributed by atoms with van der Waals surface area (Å²) >= 11 is 0. The highest BCUT2D eigenvalue weighted by molar-refractivity contribution is 5.51. The van der Waals surface area contributed by atoms with Gasteiger partial charge in [-0.25, -0.2) is 0 Å². The summed E-state index contributed by atoms with van der Waals surface area (Å²) in [7, 11) is 0. The summed E-state index contributed by atoms with van der Waals surface area (Å²) in [6.07, 6.45) is 8.22. The molecule has 0 saturated heterocycles. The Morgan fingerprint density at radius 3 is 2.76 bits per heavy atom. The quantitative estimate of drug-likeness (QED) is 0.752. The van der Waals surface area contributed by atoms with E-state index in [0.29, 0.717) is 0 Å². The van der Waals surface area contributed by atoms with Crippen molar-refractivity contribution in [3.63, 3.8) is 0 Å². The molecule has 2 heteroatoms. The summed E-state index contributed by atoms with van der Waals surface area (Å²) in [5.74, 6) is 0. The molecule has 0 radical (unpaired) electrons. The van der Waals surface area contributed by atoms with E-state index in [9.17, 15) is 0 Å². The van der Waals surface area contributed by atoms with E-state index in [1.54, 1.807) is 0 Å². The SMILES string of the molecule is Nc1cccc2c1CCN(C1CCCCC1)C2. The highest BCUT2D eigenvalue weighted by atomic mass is 15.2. The summed E-state index contributed by atoms with van der Waals surface area (Å²) in [6, 6.07) is 7.22. The van der Waals surface area contributed by atoms with E-state index in [-0.39, 0.29) is 0 Å². The van der Waals surface area contributed by atoms with E-state index in [2.05, 4.69) is 17.0 Å². The summed E-state index contributed by atoms with van der Waals surface area (Å²) in [6.45, 7) is 2.32. The molecule has 2 nitrogen and oxygen atoms in total. The predicted molar refractivity (Wildman–Crippen MR) is 71.8 cm³/mol. The van der Waals surface area contributed by atoms with Gasteiger partial charge in [0.1, 0.15) is 0 Å². The molecule has 2 N–H and O–H groups in total. The third-order valence-electron chi connectivity index (χ3n) is 4.42. The lowest BCUT2D eigenvalue weighted by Crippen LogP contribution is -2.40. The lowest BCUT2D eigenvalue weighted by Gasteiger charge is -2.37. The van der Waals surface area contributed by atoms with Crippen molar-refractivity contribution >= 4 is 5.69 Å². The largest absolute Gasteiger partial charge is 0.398 e. The molecule has 1 aliphatic carbocycles. The van der Waals surface area contributed by atoms with Crippen LogP contribution in [0.1, 0.15) is 43.2 Å². The fourth-order valence-electron chi connectivity index (χ4n) is 3.42. The van der Waals surface area contributed by atoms with Gasteiger partial charge < -0.3 is 5.73 Å². The number of benzene rings is 1. The maximum atomic E-state index is 6.05. The molecular formula is C15H22N2. The predicted octanol–water partition coefficient (Wildman–Crippen LogP) is 2.96. The van der Waals surface area contributed by atoms with Gasteiger partial charge in [0.05, 0.1) is 0 Å². The van der Waals surface area contributed by atoms with Crippen molar-refractivity contribution in [1.82, 2.24) is 4.90 Å². The molecule has 0 unspecified atom stereocenters. The van der Waals surface area contributed by atoms with Crippen molar-refractivity contribution < 1.29 is 0 Å². The van der Waals surface area contributed by atoms with E-state index in [1.165, 1.54) is 49.8 Å². The van der Waals surface area contributed by atoms with E-state index in [1.807, 2.05) is 6.07 Å². The van der Waals surface area contributed by atoms with Crippen LogP contribution in [0.2, 0.25) is 0 Å². The fraction of sp³-hybridized carbons (Fsp3) is 0.600. The molecule has 0 spiro atoms. The van der Waals surface area contributed by atoms with Gasteiger partial charge in [-0.1, -0.05) is 31.4 Å². The van der Waals surface area contributed by atoms with Crippen LogP contribution < -0.4 is 5.73 Å². The smallest absolute Gasteiger partial charge is 0.0350 e. The zero-order valence-corrected chi connectivity index (χ0v) is 10.5. The van der Waals surface area contributed by atoms with Gasteiger partial charge in [0, 0.05) is 24.8 Å². The Balaban J connectivity index is 1.76. The molecule has 1 heterocycles. The van der Waals surface area contributed by atoms with E-state index >= 15 is 0 Å². The number of nitrogen functional groups attached to an aromatic ring is 1. The van der Waals surface area contributed by atoms with Crippen molar-refractivity contribution in [3.05, 3.63) is 29.3 Å². The zero-order valence-electron chi connectivity index (χ0n) is 10.5. The van der Waals surface area contributed by atoms with Crippen LogP contribution in [0.4, 0.5) is 5.69 Å². The molecule has 0 bridgehead atoms. The average molecular weight is 230 g/mol. The van der Waals surface area contributed by atoms with Gasteiger partial charge in [-0.3, -0.25) is 4.90 Å². The highest BCUT2D eigenvalue weighted by Crippen LogP contribution is 2.29. The zero-order chi connectivity index (χ0) is 11.7. The normalized spacial score (nSPS) is 22.4. The lowest BCUT2D eigenvalue weighted by molar-refractivity contribution is 0.141. The second-order valence-electron chi connectivity index (χ2n) is 5.50. The van der Waals surface area contributed by atoms with Crippen LogP contribution in [0.3, 0.4) is 0 Å². The minimum absolute atomic E-state index is 0.832. The van der Waals surface area contributed by atoms with Crippen molar-refractivity contribution in [2.45, 2.75) is 51.1 Å². The summed E-state index contributed by atoms with van der Waals surface area (Å²) in [5.41, 5.74) is 9.90. The van der Waals surface area contributed by atoms with E-state index in [0.717, 1.165) is 24.7 Å². The van der Waals surface area contributed by atoms with Gasteiger partial charge in [0.25, 0.3) is 0 Å². The second kappa shape index (κ2) is 4.69. The minimum atomic E-state index is 0.832. The Labute approximate surface area is 104 Å². The molecule has 0 amide bonds. The Morgan fingerprint density at radius 2 is 1.94 bits per heavy atom. The van der Waals surface area contributed by atoms with Gasteiger partial charge in [-0.15, -0.1) is 0 Å². The molecule has 2 aliphatic rings. The molecule has 3 rings (SSSR count). The standard InChI is InChI=1S/C15H22N2/c16-15-8-4-5-12-11-17(10-9-14(12)15)13-6-2-1-3-7-13/h4-5,8,13H,1-3,6-7,9-11,16H2. The molecule has 1 saturated carbocycles.